The first-order chi connectivity index (χ1) is 14.9. The fourth-order valence-corrected chi connectivity index (χ4v) is 3.78. The highest BCUT2D eigenvalue weighted by Crippen LogP contribution is 2.31. The minimum Gasteiger partial charge on any atom is -0.267 e. The van der Waals surface area contributed by atoms with E-state index in [1.165, 1.54) is 0 Å². The number of para-hydroxylation sites is 1. The Labute approximate surface area is 194 Å². The average molecular weight is 469 g/mol. The van der Waals surface area contributed by atoms with E-state index in [4.69, 9.17) is 34.8 Å². The van der Waals surface area contributed by atoms with Gasteiger partial charge in [0, 0.05) is 21.0 Å². The van der Waals surface area contributed by atoms with Crippen molar-refractivity contribution in [3.8, 4) is 11.3 Å². The van der Waals surface area contributed by atoms with E-state index in [1.807, 2.05) is 43.3 Å². The Bertz CT molecular complexity index is 1320. The van der Waals surface area contributed by atoms with Crippen LogP contribution in [0.5, 0.6) is 0 Å². The van der Waals surface area contributed by atoms with E-state index in [1.54, 1.807) is 36.4 Å². The quantitative estimate of drug-likeness (QED) is 0.258. The molecule has 0 spiro atoms. The van der Waals surface area contributed by atoms with E-state index in [0.29, 0.717) is 48.5 Å². The zero-order valence-corrected chi connectivity index (χ0v) is 18.6. The molecule has 0 saturated carbocycles. The Morgan fingerprint density at radius 1 is 0.903 bits per heavy atom. The first kappa shape index (κ1) is 21.3. The van der Waals surface area contributed by atoms with Crippen LogP contribution in [0.15, 0.2) is 77.9 Å². The highest BCUT2D eigenvalue weighted by molar-refractivity contribution is 6.36. The van der Waals surface area contributed by atoms with Gasteiger partial charge in [0.05, 0.1) is 27.5 Å². The molecule has 4 nitrogen and oxygen atoms in total. The van der Waals surface area contributed by atoms with E-state index < -0.39 is 0 Å². The molecule has 1 amide bonds. The van der Waals surface area contributed by atoms with Gasteiger partial charge in [-0.05, 0) is 55.0 Å². The van der Waals surface area contributed by atoms with E-state index in [2.05, 4.69) is 15.5 Å². The van der Waals surface area contributed by atoms with Crippen LogP contribution in [0.4, 0.5) is 0 Å². The predicted octanol–water partition coefficient (Wildman–Crippen LogP) is 7.02. The molecule has 0 fully saturated rings. The lowest BCUT2D eigenvalue weighted by atomic mass is 10.0. The molecule has 1 aromatic heterocycles. The second-order valence-electron chi connectivity index (χ2n) is 6.84. The summed E-state index contributed by atoms with van der Waals surface area (Å²) in [6, 6.07) is 21.5. The standard InChI is InChI=1S/C24H16Cl3N3O/c1-14(15-6-8-16(25)9-7-15)29-30-24(31)20-13-23(19-11-10-17(26)12-21(19)27)28-22-5-3-2-4-18(20)22/h2-13H,1H3,(H,30,31)/b29-14-. The average Bonchev–Trinajstić information content (AvgIpc) is 2.77. The van der Waals surface area contributed by atoms with Gasteiger partial charge in [0.25, 0.3) is 5.91 Å². The van der Waals surface area contributed by atoms with Crippen LogP contribution < -0.4 is 5.43 Å². The Balaban J connectivity index is 1.72. The molecule has 154 valence electrons. The van der Waals surface area contributed by atoms with Crippen molar-refractivity contribution in [1.29, 1.82) is 0 Å². The topological polar surface area (TPSA) is 54.4 Å². The molecule has 0 bridgehead atoms. The lowest BCUT2D eigenvalue weighted by Gasteiger charge is -2.10. The van der Waals surface area contributed by atoms with Crippen LogP contribution in [0.2, 0.25) is 15.1 Å². The maximum atomic E-state index is 13.0. The number of carbonyl (C=O) groups is 1. The van der Waals surface area contributed by atoms with Crippen molar-refractivity contribution in [2.24, 2.45) is 5.10 Å². The normalized spacial score (nSPS) is 11.5. The number of carbonyl (C=O) groups excluding carboxylic acids is 1. The summed E-state index contributed by atoms with van der Waals surface area (Å²) in [4.78, 5) is 17.7. The van der Waals surface area contributed by atoms with E-state index in [-0.39, 0.29) is 5.91 Å². The molecule has 4 rings (SSSR count). The number of amides is 1. The summed E-state index contributed by atoms with van der Waals surface area (Å²) in [5.74, 6) is -0.349. The third-order valence-corrected chi connectivity index (χ3v) is 5.55. The number of hydrazone groups is 1. The molecule has 1 heterocycles. The first-order valence-corrected chi connectivity index (χ1v) is 10.5. The van der Waals surface area contributed by atoms with Gasteiger partial charge < -0.3 is 0 Å². The van der Waals surface area contributed by atoms with Crippen LogP contribution in [0.1, 0.15) is 22.8 Å². The van der Waals surface area contributed by atoms with Gasteiger partial charge in [0.15, 0.2) is 0 Å². The zero-order valence-electron chi connectivity index (χ0n) is 16.4. The number of fused-ring (bicyclic) bond motifs is 1. The molecule has 31 heavy (non-hydrogen) atoms. The number of hydrogen-bond donors (Lipinski definition) is 1. The zero-order chi connectivity index (χ0) is 22.0. The Hall–Kier alpha value is -2.92. The third-order valence-electron chi connectivity index (χ3n) is 4.76. The Morgan fingerprint density at radius 3 is 2.35 bits per heavy atom. The molecule has 0 aliphatic rings. The highest BCUT2D eigenvalue weighted by Gasteiger charge is 2.15. The fourth-order valence-electron chi connectivity index (χ4n) is 3.15. The lowest BCUT2D eigenvalue weighted by molar-refractivity contribution is 0.0956. The molecule has 0 atom stereocenters. The molecule has 0 aliphatic carbocycles. The minimum absolute atomic E-state index is 0.349. The summed E-state index contributed by atoms with van der Waals surface area (Å²) >= 11 is 18.3. The maximum Gasteiger partial charge on any atom is 0.272 e. The van der Waals surface area contributed by atoms with Crippen molar-refractivity contribution in [2.45, 2.75) is 6.92 Å². The summed E-state index contributed by atoms with van der Waals surface area (Å²) in [6.45, 7) is 1.81. The monoisotopic (exact) mass is 467 g/mol. The van der Waals surface area contributed by atoms with E-state index >= 15 is 0 Å². The number of pyridine rings is 1. The van der Waals surface area contributed by atoms with Crippen LogP contribution in [0.25, 0.3) is 22.2 Å². The smallest absolute Gasteiger partial charge is 0.267 e. The van der Waals surface area contributed by atoms with E-state index in [9.17, 15) is 4.79 Å². The molecule has 1 N–H and O–H groups in total. The molecule has 0 aliphatic heterocycles. The van der Waals surface area contributed by atoms with Gasteiger partial charge in [0.2, 0.25) is 0 Å². The number of halogens is 3. The van der Waals surface area contributed by atoms with Gasteiger partial charge in [0.1, 0.15) is 0 Å². The number of nitrogens with zero attached hydrogens (tertiary/aromatic N) is 2. The molecule has 3 aromatic carbocycles. The second-order valence-corrected chi connectivity index (χ2v) is 8.12. The first-order valence-electron chi connectivity index (χ1n) is 9.38. The van der Waals surface area contributed by atoms with E-state index in [0.717, 1.165) is 5.56 Å². The number of rotatable bonds is 4. The van der Waals surface area contributed by atoms with Crippen LogP contribution in [-0.4, -0.2) is 16.6 Å². The Kier molecular flexibility index (Phi) is 6.23. The van der Waals surface area contributed by atoms with Crippen LogP contribution in [-0.2, 0) is 0 Å². The van der Waals surface area contributed by atoms with Crippen molar-refractivity contribution in [2.75, 3.05) is 0 Å². The van der Waals surface area contributed by atoms with Crippen LogP contribution >= 0.6 is 34.8 Å². The fraction of sp³-hybridized carbons (Fsp3) is 0.0417. The van der Waals surface area contributed by atoms with Crippen LogP contribution in [0.3, 0.4) is 0 Å². The van der Waals surface area contributed by atoms with Gasteiger partial charge in [-0.15, -0.1) is 0 Å². The molecule has 0 radical (unpaired) electrons. The number of benzene rings is 3. The number of hydrogen-bond acceptors (Lipinski definition) is 3. The molecule has 7 heteroatoms. The minimum atomic E-state index is -0.349. The van der Waals surface area contributed by atoms with Crippen LogP contribution in [0, 0.1) is 0 Å². The van der Waals surface area contributed by atoms with Crippen molar-refractivity contribution < 1.29 is 4.79 Å². The Morgan fingerprint density at radius 2 is 1.61 bits per heavy atom. The largest absolute Gasteiger partial charge is 0.272 e. The van der Waals surface area contributed by atoms with Gasteiger partial charge in [-0.2, -0.15) is 5.10 Å². The van der Waals surface area contributed by atoms with Gasteiger partial charge in [-0.1, -0.05) is 65.1 Å². The molecule has 0 saturated heterocycles. The van der Waals surface area contributed by atoms with Gasteiger partial charge in [-0.3, -0.25) is 4.79 Å². The predicted molar refractivity (Wildman–Crippen MR) is 128 cm³/mol. The molecule has 4 aromatic rings. The summed E-state index contributed by atoms with van der Waals surface area (Å²) in [5.41, 5.74) is 6.54. The van der Waals surface area contributed by atoms with Crippen molar-refractivity contribution >= 4 is 57.3 Å². The maximum absolute atomic E-state index is 13.0. The van der Waals surface area contributed by atoms with Crippen molar-refractivity contribution in [1.82, 2.24) is 10.4 Å². The molecular formula is C24H16Cl3N3O. The van der Waals surface area contributed by atoms with Gasteiger partial charge >= 0.3 is 0 Å². The van der Waals surface area contributed by atoms with Crippen molar-refractivity contribution in [3.05, 3.63) is 99.0 Å². The third kappa shape index (κ3) is 4.72. The summed E-state index contributed by atoms with van der Waals surface area (Å²) in [7, 11) is 0. The number of nitrogens with one attached hydrogen (secondary N) is 1. The molecular weight excluding hydrogens is 453 g/mol. The second kappa shape index (κ2) is 9.06. The van der Waals surface area contributed by atoms with Gasteiger partial charge in [-0.25, -0.2) is 10.4 Å². The summed E-state index contributed by atoms with van der Waals surface area (Å²) in [6.07, 6.45) is 0. The number of aromatic nitrogens is 1. The summed E-state index contributed by atoms with van der Waals surface area (Å²) in [5, 5.41) is 6.59. The molecule has 0 unspecified atom stereocenters. The highest BCUT2D eigenvalue weighted by atomic mass is 35.5. The van der Waals surface area contributed by atoms with Crippen molar-refractivity contribution in [3.63, 3.8) is 0 Å². The summed E-state index contributed by atoms with van der Waals surface area (Å²) < 4.78 is 0. The lowest BCUT2D eigenvalue weighted by Crippen LogP contribution is -2.20. The SMILES string of the molecule is C/C(=N/NC(=O)c1cc(-c2ccc(Cl)cc2Cl)nc2ccccc12)c1ccc(Cl)cc1.